The quantitative estimate of drug-likeness (QED) is 0.406. The average Bonchev–Trinajstić information content (AvgIpc) is 2.73. The number of phenolic OH excluding ortho intramolecular Hbond substituents is 1. The van der Waals surface area contributed by atoms with Gasteiger partial charge in [-0.1, -0.05) is 24.3 Å². The third-order valence-electron chi connectivity index (χ3n) is 4.85. The number of hydrogen-bond acceptors (Lipinski definition) is 6. The van der Waals surface area contributed by atoms with Crippen molar-refractivity contribution in [1.29, 1.82) is 0 Å². The molecule has 0 bridgehead atoms. The van der Waals surface area contributed by atoms with Gasteiger partial charge in [0.15, 0.2) is 0 Å². The van der Waals surface area contributed by atoms with Gasteiger partial charge in [-0.3, -0.25) is 19.6 Å². The Bertz CT molecular complexity index is 846. The number of amides is 1. The van der Waals surface area contributed by atoms with Crippen molar-refractivity contribution in [3.8, 4) is 5.75 Å². The number of aromatic hydroxyl groups is 1. The molecular weight excluding hydrogens is 366 g/mol. The highest BCUT2D eigenvalue weighted by atomic mass is 16.3. The molecule has 1 aromatic carbocycles. The lowest BCUT2D eigenvalue weighted by Crippen LogP contribution is -2.48. The Balaban J connectivity index is 1.42. The van der Waals surface area contributed by atoms with Crippen LogP contribution in [0.3, 0.4) is 0 Å². The van der Waals surface area contributed by atoms with E-state index in [2.05, 4.69) is 31.9 Å². The molecule has 0 spiro atoms. The number of allylic oxidation sites excluding steroid dienone is 1. The zero-order valence-electron chi connectivity index (χ0n) is 16.5. The Morgan fingerprint density at radius 1 is 1.17 bits per heavy atom. The number of rotatable bonds is 8. The number of nitrogens with one attached hydrogen (secondary N) is 1. The summed E-state index contributed by atoms with van der Waals surface area (Å²) in [5, 5.41) is 14.2. The minimum atomic E-state index is -0.166. The number of nitrogens with zero attached hydrogens (tertiary/aromatic N) is 4. The van der Waals surface area contributed by atoms with Gasteiger partial charge in [-0.25, -0.2) is 5.43 Å². The van der Waals surface area contributed by atoms with Crippen LogP contribution in [-0.4, -0.2) is 64.7 Å². The molecule has 1 aromatic heterocycles. The molecule has 1 fully saturated rings. The van der Waals surface area contributed by atoms with Gasteiger partial charge in [-0.2, -0.15) is 5.10 Å². The number of para-hydroxylation sites is 1. The topological polar surface area (TPSA) is 81.1 Å². The van der Waals surface area contributed by atoms with E-state index in [1.54, 1.807) is 12.1 Å². The number of carbonyl (C=O) groups is 1. The highest BCUT2D eigenvalue weighted by Gasteiger charge is 2.19. The van der Waals surface area contributed by atoms with Gasteiger partial charge in [0.05, 0.1) is 18.5 Å². The van der Waals surface area contributed by atoms with E-state index in [0.717, 1.165) is 44.0 Å². The minimum Gasteiger partial charge on any atom is -0.507 e. The van der Waals surface area contributed by atoms with Gasteiger partial charge in [-0.05, 0) is 30.2 Å². The second kappa shape index (κ2) is 10.5. The van der Waals surface area contributed by atoms with Crippen LogP contribution in [-0.2, 0) is 17.8 Å². The standard InChI is InChI=1S/C22H27N5O2/c1-2-6-18-7-5-8-19(22(18)29)15-24-25-21(28)17-27-13-11-26(12-14-27)16-20-9-3-4-10-23-20/h2-5,7-10,15,29H,1,6,11-14,16-17H2,(H,25,28). The van der Waals surface area contributed by atoms with Crippen LogP contribution in [0.2, 0.25) is 0 Å². The summed E-state index contributed by atoms with van der Waals surface area (Å²) in [6.07, 6.45) is 5.58. The Hall–Kier alpha value is -3.03. The molecule has 1 saturated heterocycles. The highest BCUT2D eigenvalue weighted by Crippen LogP contribution is 2.21. The van der Waals surface area contributed by atoms with Crippen LogP contribution in [0.15, 0.2) is 60.4 Å². The maximum absolute atomic E-state index is 12.2. The van der Waals surface area contributed by atoms with Crippen molar-refractivity contribution in [2.75, 3.05) is 32.7 Å². The summed E-state index contributed by atoms with van der Waals surface area (Å²) < 4.78 is 0. The zero-order valence-corrected chi connectivity index (χ0v) is 16.5. The van der Waals surface area contributed by atoms with Crippen molar-refractivity contribution in [3.63, 3.8) is 0 Å². The molecule has 0 aliphatic carbocycles. The fourth-order valence-electron chi connectivity index (χ4n) is 3.27. The third kappa shape index (κ3) is 6.23. The second-order valence-electron chi connectivity index (χ2n) is 7.01. The molecule has 1 aliphatic heterocycles. The van der Waals surface area contributed by atoms with E-state index >= 15 is 0 Å². The van der Waals surface area contributed by atoms with E-state index in [1.807, 2.05) is 36.5 Å². The molecule has 152 valence electrons. The van der Waals surface area contributed by atoms with Crippen LogP contribution < -0.4 is 5.43 Å². The molecule has 1 amide bonds. The van der Waals surface area contributed by atoms with Gasteiger partial charge < -0.3 is 5.11 Å². The van der Waals surface area contributed by atoms with E-state index in [-0.39, 0.29) is 11.7 Å². The number of benzene rings is 1. The maximum atomic E-state index is 12.2. The fourth-order valence-corrected chi connectivity index (χ4v) is 3.27. The number of pyridine rings is 1. The lowest BCUT2D eigenvalue weighted by atomic mass is 10.1. The summed E-state index contributed by atoms with van der Waals surface area (Å²) in [7, 11) is 0. The molecule has 29 heavy (non-hydrogen) atoms. The molecule has 0 saturated carbocycles. The molecule has 2 heterocycles. The molecule has 7 heteroatoms. The first-order valence-electron chi connectivity index (χ1n) is 9.74. The van der Waals surface area contributed by atoms with Crippen LogP contribution in [0.25, 0.3) is 0 Å². The van der Waals surface area contributed by atoms with Gasteiger partial charge in [0.25, 0.3) is 5.91 Å². The van der Waals surface area contributed by atoms with Crippen molar-refractivity contribution in [2.24, 2.45) is 5.10 Å². The van der Waals surface area contributed by atoms with E-state index in [4.69, 9.17) is 0 Å². The van der Waals surface area contributed by atoms with E-state index in [9.17, 15) is 9.90 Å². The molecule has 1 aliphatic rings. The fraction of sp³-hybridized carbons (Fsp3) is 0.318. The Kier molecular flexibility index (Phi) is 7.49. The number of aromatic nitrogens is 1. The molecule has 2 N–H and O–H groups in total. The van der Waals surface area contributed by atoms with Crippen molar-refractivity contribution >= 4 is 12.1 Å². The first-order valence-corrected chi connectivity index (χ1v) is 9.74. The van der Waals surface area contributed by atoms with Crippen LogP contribution >= 0.6 is 0 Å². The smallest absolute Gasteiger partial charge is 0.254 e. The predicted octanol–water partition coefficient (Wildman–Crippen LogP) is 1.78. The number of phenols is 1. The van der Waals surface area contributed by atoms with Crippen LogP contribution in [0.1, 0.15) is 16.8 Å². The second-order valence-corrected chi connectivity index (χ2v) is 7.01. The summed E-state index contributed by atoms with van der Waals surface area (Å²) >= 11 is 0. The molecule has 0 atom stereocenters. The number of hydrogen-bond donors (Lipinski definition) is 2. The van der Waals surface area contributed by atoms with Gasteiger partial charge in [-0.15, -0.1) is 6.58 Å². The molecule has 2 aromatic rings. The van der Waals surface area contributed by atoms with Crippen molar-refractivity contribution in [3.05, 3.63) is 72.1 Å². The van der Waals surface area contributed by atoms with Crippen LogP contribution in [0.5, 0.6) is 5.75 Å². The van der Waals surface area contributed by atoms with Gasteiger partial charge in [0.1, 0.15) is 5.75 Å². The van der Waals surface area contributed by atoms with E-state index in [0.29, 0.717) is 18.5 Å². The lowest BCUT2D eigenvalue weighted by Gasteiger charge is -2.33. The number of piperazine rings is 1. The summed E-state index contributed by atoms with van der Waals surface area (Å²) in [5.74, 6) is -0.00408. The first-order chi connectivity index (χ1) is 14.2. The largest absolute Gasteiger partial charge is 0.507 e. The number of hydrazone groups is 1. The van der Waals surface area contributed by atoms with Gasteiger partial charge >= 0.3 is 0 Å². The molecule has 0 unspecified atom stereocenters. The average molecular weight is 393 g/mol. The summed E-state index contributed by atoms with van der Waals surface area (Å²) in [5.41, 5.74) is 4.94. The van der Waals surface area contributed by atoms with Crippen molar-refractivity contribution < 1.29 is 9.90 Å². The molecule has 3 rings (SSSR count). The summed E-state index contributed by atoms with van der Waals surface area (Å²) in [4.78, 5) is 21.0. The van der Waals surface area contributed by atoms with Gasteiger partial charge in [0.2, 0.25) is 0 Å². The predicted molar refractivity (Wildman–Crippen MR) is 114 cm³/mol. The number of carbonyl (C=O) groups excluding carboxylic acids is 1. The van der Waals surface area contributed by atoms with Crippen molar-refractivity contribution in [1.82, 2.24) is 20.2 Å². The molecular formula is C22H27N5O2. The van der Waals surface area contributed by atoms with Crippen LogP contribution in [0.4, 0.5) is 0 Å². The third-order valence-corrected chi connectivity index (χ3v) is 4.85. The first kappa shape index (κ1) is 20.7. The molecule has 7 nitrogen and oxygen atoms in total. The van der Waals surface area contributed by atoms with Crippen molar-refractivity contribution in [2.45, 2.75) is 13.0 Å². The Morgan fingerprint density at radius 2 is 1.97 bits per heavy atom. The van der Waals surface area contributed by atoms with E-state index in [1.165, 1.54) is 6.21 Å². The van der Waals surface area contributed by atoms with Crippen LogP contribution in [0, 0.1) is 0 Å². The normalized spacial score (nSPS) is 15.4. The molecule has 0 radical (unpaired) electrons. The zero-order chi connectivity index (χ0) is 20.5. The monoisotopic (exact) mass is 393 g/mol. The minimum absolute atomic E-state index is 0.162. The summed E-state index contributed by atoms with van der Waals surface area (Å²) in [6, 6.07) is 11.4. The Morgan fingerprint density at radius 3 is 2.69 bits per heavy atom. The lowest BCUT2D eigenvalue weighted by molar-refractivity contribution is -0.122. The highest BCUT2D eigenvalue weighted by molar-refractivity contribution is 5.86. The maximum Gasteiger partial charge on any atom is 0.254 e. The van der Waals surface area contributed by atoms with Gasteiger partial charge in [0, 0.05) is 44.5 Å². The SMILES string of the molecule is C=CCc1cccc(C=NNC(=O)CN2CCN(Cc3ccccn3)CC2)c1O. The van der Waals surface area contributed by atoms with E-state index < -0.39 is 0 Å². The Labute approximate surface area is 171 Å². The summed E-state index contributed by atoms with van der Waals surface area (Å²) in [6.45, 7) is 8.27.